The molecule has 20 heavy (non-hydrogen) atoms. The summed E-state index contributed by atoms with van der Waals surface area (Å²) >= 11 is 5.73. The molecule has 1 amide bonds. The van der Waals surface area contributed by atoms with Crippen LogP contribution in [-0.2, 0) is 16.0 Å². The summed E-state index contributed by atoms with van der Waals surface area (Å²) in [5, 5.41) is 0. The number of morpholine rings is 1. The first kappa shape index (κ1) is 15.2. The van der Waals surface area contributed by atoms with Crippen LogP contribution in [0.3, 0.4) is 0 Å². The quantitative estimate of drug-likeness (QED) is 0.802. The Morgan fingerprint density at radius 3 is 2.95 bits per heavy atom. The van der Waals surface area contributed by atoms with Crippen molar-refractivity contribution < 1.29 is 18.3 Å². The summed E-state index contributed by atoms with van der Waals surface area (Å²) in [4.78, 5) is 13.9. The Labute approximate surface area is 121 Å². The number of alkyl halides is 1. The van der Waals surface area contributed by atoms with E-state index in [4.69, 9.17) is 16.3 Å². The van der Waals surface area contributed by atoms with Crippen molar-refractivity contribution in [1.82, 2.24) is 4.90 Å². The second-order valence-electron chi connectivity index (χ2n) is 4.89. The summed E-state index contributed by atoms with van der Waals surface area (Å²) in [6, 6.07) is 3.74. The van der Waals surface area contributed by atoms with E-state index in [1.807, 2.05) is 6.92 Å². The molecule has 1 heterocycles. The summed E-state index contributed by atoms with van der Waals surface area (Å²) in [6.07, 6.45) is -0.377. The number of ether oxygens (including phenoxy) is 1. The molecule has 0 spiro atoms. The summed E-state index contributed by atoms with van der Waals surface area (Å²) in [5.74, 6) is -1.86. The van der Waals surface area contributed by atoms with Crippen LogP contribution in [-0.4, -0.2) is 42.0 Å². The van der Waals surface area contributed by atoms with Gasteiger partial charge < -0.3 is 9.64 Å². The molecule has 0 bridgehead atoms. The molecule has 3 nitrogen and oxygen atoms in total. The maximum atomic E-state index is 13.6. The Balaban J connectivity index is 2.09. The Bertz CT molecular complexity index is 498. The third-order valence-electron chi connectivity index (χ3n) is 3.37. The van der Waals surface area contributed by atoms with Crippen LogP contribution >= 0.6 is 11.6 Å². The Morgan fingerprint density at radius 2 is 2.25 bits per heavy atom. The van der Waals surface area contributed by atoms with E-state index in [0.717, 1.165) is 6.07 Å². The number of benzene rings is 1. The molecule has 1 aliphatic rings. The maximum absolute atomic E-state index is 13.6. The van der Waals surface area contributed by atoms with Crippen LogP contribution in [0.1, 0.15) is 12.5 Å². The minimum Gasteiger partial charge on any atom is -0.373 e. The molecule has 110 valence electrons. The number of carbonyl (C=O) groups is 1. The fraction of sp³-hybridized carbons (Fsp3) is 0.500. The number of rotatable bonds is 3. The molecule has 2 unspecified atom stereocenters. The lowest BCUT2D eigenvalue weighted by molar-refractivity contribution is -0.142. The third-order valence-corrected chi connectivity index (χ3v) is 3.72. The number of hydrogen-bond donors (Lipinski definition) is 0. The van der Waals surface area contributed by atoms with Crippen LogP contribution < -0.4 is 0 Å². The average Bonchev–Trinajstić information content (AvgIpc) is 2.44. The second kappa shape index (κ2) is 6.50. The summed E-state index contributed by atoms with van der Waals surface area (Å²) in [5.41, 5.74) is 0.0658. The topological polar surface area (TPSA) is 29.5 Å². The van der Waals surface area contributed by atoms with Crippen molar-refractivity contribution in [3.05, 3.63) is 35.4 Å². The zero-order valence-electron chi connectivity index (χ0n) is 11.1. The highest BCUT2D eigenvalue weighted by molar-refractivity contribution is 6.18. The monoisotopic (exact) mass is 303 g/mol. The van der Waals surface area contributed by atoms with Gasteiger partial charge in [0.1, 0.15) is 0 Å². The number of hydrogen-bond acceptors (Lipinski definition) is 2. The molecule has 2 atom stereocenters. The molecule has 1 aromatic carbocycles. The van der Waals surface area contributed by atoms with Crippen LogP contribution in [0.25, 0.3) is 0 Å². The van der Waals surface area contributed by atoms with Crippen molar-refractivity contribution in [1.29, 1.82) is 0 Å². The number of halogens is 3. The highest BCUT2D eigenvalue weighted by Gasteiger charge is 2.29. The maximum Gasteiger partial charge on any atom is 0.227 e. The first-order valence-corrected chi connectivity index (χ1v) is 6.96. The molecule has 1 fully saturated rings. The molecular formula is C14H16ClF2NO2. The number of carbonyl (C=O) groups excluding carboxylic acids is 1. The lowest BCUT2D eigenvalue weighted by Gasteiger charge is -2.37. The molecule has 0 saturated carbocycles. The van der Waals surface area contributed by atoms with E-state index < -0.39 is 11.6 Å². The Kier molecular flexibility index (Phi) is 4.94. The van der Waals surface area contributed by atoms with Gasteiger partial charge in [-0.3, -0.25) is 4.79 Å². The predicted octanol–water partition coefficient (Wildman–Crippen LogP) is 2.36. The molecule has 0 aromatic heterocycles. The standard InChI is InChI=1S/C14H16ClF2NO2/c1-9-8-20-11(6-15)7-18(9)13(19)5-10-3-2-4-12(16)14(10)17/h2-4,9,11H,5-8H2,1H3. The number of nitrogens with zero attached hydrogens (tertiary/aromatic N) is 1. The van der Waals surface area contributed by atoms with E-state index in [9.17, 15) is 13.6 Å². The second-order valence-corrected chi connectivity index (χ2v) is 5.20. The molecule has 1 saturated heterocycles. The lowest BCUT2D eigenvalue weighted by atomic mass is 10.1. The van der Waals surface area contributed by atoms with Crippen molar-refractivity contribution in [3.8, 4) is 0 Å². The predicted molar refractivity (Wildman–Crippen MR) is 71.7 cm³/mol. The van der Waals surface area contributed by atoms with Crippen LogP contribution in [0.5, 0.6) is 0 Å². The molecule has 6 heteroatoms. The molecule has 0 N–H and O–H groups in total. The van der Waals surface area contributed by atoms with Gasteiger partial charge in [0.15, 0.2) is 11.6 Å². The van der Waals surface area contributed by atoms with Crippen LogP contribution in [0.4, 0.5) is 8.78 Å². The van der Waals surface area contributed by atoms with Crippen molar-refractivity contribution in [2.75, 3.05) is 19.0 Å². The third kappa shape index (κ3) is 3.27. The van der Waals surface area contributed by atoms with Crippen LogP contribution in [0.2, 0.25) is 0 Å². The first-order valence-electron chi connectivity index (χ1n) is 6.42. The van der Waals surface area contributed by atoms with Gasteiger partial charge in [-0.25, -0.2) is 8.78 Å². The number of amides is 1. The molecule has 1 aromatic rings. The zero-order chi connectivity index (χ0) is 14.7. The Morgan fingerprint density at radius 1 is 1.50 bits per heavy atom. The van der Waals surface area contributed by atoms with Gasteiger partial charge in [0.05, 0.1) is 31.1 Å². The van der Waals surface area contributed by atoms with E-state index in [1.165, 1.54) is 12.1 Å². The first-order chi connectivity index (χ1) is 9.52. The van der Waals surface area contributed by atoms with Crippen molar-refractivity contribution >= 4 is 17.5 Å². The van der Waals surface area contributed by atoms with E-state index in [2.05, 4.69) is 0 Å². The van der Waals surface area contributed by atoms with Gasteiger partial charge in [-0.05, 0) is 13.0 Å². The molecule has 0 radical (unpaired) electrons. The largest absolute Gasteiger partial charge is 0.373 e. The van der Waals surface area contributed by atoms with Gasteiger partial charge in [-0.15, -0.1) is 11.6 Å². The Hall–Kier alpha value is -1.20. The minimum absolute atomic E-state index is 0.0658. The molecule has 2 rings (SSSR count). The van der Waals surface area contributed by atoms with E-state index >= 15 is 0 Å². The van der Waals surface area contributed by atoms with Gasteiger partial charge in [-0.1, -0.05) is 12.1 Å². The van der Waals surface area contributed by atoms with Gasteiger partial charge in [-0.2, -0.15) is 0 Å². The van der Waals surface area contributed by atoms with Gasteiger partial charge >= 0.3 is 0 Å². The van der Waals surface area contributed by atoms with E-state index in [1.54, 1.807) is 4.90 Å². The minimum atomic E-state index is -0.962. The fourth-order valence-electron chi connectivity index (χ4n) is 2.21. The van der Waals surface area contributed by atoms with Crippen LogP contribution in [0, 0.1) is 11.6 Å². The fourth-order valence-corrected chi connectivity index (χ4v) is 2.39. The van der Waals surface area contributed by atoms with Crippen molar-refractivity contribution in [2.24, 2.45) is 0 Å². The summed E-state index contributed by atoms with van der Waals surface area (Å²) in [7, 11) is 0. The summed E-state index contributed by atoms with van der Waals surface area (Å²) < 4.78 is 32.2. The van der Waals surface area contributed by atoms with Crippen molar-refractivity contribution in [3.63, 3.8) is 0 Å². The average molecular weight is 304 g/mol. The summed E-state index contributed by atoms with van der Waals surface area (Å²) in [6.45, 7) is 2.62. The van der Waals surface area contributed by atoms with Gasteiger partial charge in [0.25, 0.3) is 0 Å². The van der Waals surface area contributed by atoms with E-state index in [-0.39, 0.29) is 30.0 Å². The molecular weight excluding hydrogens is 288 g/mol. The lowest BCUT2D eigenvalue weighted by Crippen LogP contribution is -2.52. The highest BCUT2D eigenvalue weighted by Crippen LogP contribution is 2.17. The molecule has 0 aliphatic carbocycles. The van der Waals surface area contributed by atoms with Crippen molar-refractivity contribution in [2.45, 2.75) is 25.5 Å². The van der Waals surface area contributed by atoms with Gasteiger partial charge in [0.2, 0.25) is 5.91 Å². The highest BCUT2D eigenvalue weighted by atomic mass is 35.5. The smallest absolute Gasteiger partial charge is 0.227 e. The zero-order valence-corrected chi connectivity index (χ0v) is 11.9. The van der Waals surface area contributed by atoms with Crippen LogP contribution in [0.15, 0.2) is 18.2 Å². The normalized spacial score (nSPS) is 22.9. The molecule has 1 aliphatic heterocycles. The van der Waals surface area contributed by atoms with E-state index in [0.29, 0.717) is 19.0 Å². The van der Waals surface area contributed by atoms with Gasteiger partial charge in [0, 0.05) is 12.1 Å². The SMILES string of the molecule is CC1COC(CCl)CN1C(=O)Cc1cccc(F)c1F.